The fourth-order valence-electron chi connectivity index (χ4n) is 8.14. The molecule has 2 N–H and O–H groups in total. The van der Waals surface area contributed by atoms with Crippen LogP contribution >= 0.6 is 0 Å². The molecule has 0 spiro atoms. The molecule has 0 radical (unpaired) electrons. The molecule has 0 heterocycles. The van der Waals surface area contributed by atoms with E-state index < -0.39 is 12.3 Å². The molecule has 3 aromatic rings. The van der Waals surface area contributed by atoms with E-state index in [2.05, 4.69) is 6.92 Å². The summed E-state index contributed by atoms with van der Waals surface area (Å²) in [6, 6.07) is 14.3. The number of carbonyl (C=O) groups is 1. The lowest BCUT2D eigenvalue weighted by Crippen LogP contribution is -2.44. The summed E-state index contributed by atoms with van der Waals surface area (Å²) in [7, 11) is 6.19. The van der Waals surface area contributed by atoms with Gasteiger partial charge in [-0.2, -0.15) is 0 Å². The number of phenolic OH excluding ortho intramolecular Hbond substituents is 1. The number of fused-ring (bicyclic) bond motifs is 5. The Morgan fingerprint density at radius 3 is 2.20 bits per heavy atom. The highest BCUT2D eigenvalue weighted by molar-refractivity contribution is 5.74. The second-order valence-corrected chi connectivity index (χ2v) is 12.7. The van der Waals surface area contributed by atoms with Gasteiger partial charge in [0, 0.05) is 0 Å². The monoisotopic (exact) mass is 630 g/mol. The van der Waals surface area contributed by atoms with Gasteiger partial charge in [-0.1, -0.05) is 31.2 Å². The molecule has 9 nitrogen and oxygen atoms in total. The van der Waals surface area contributed by atoms with Gasteiger partial charge in [-0.15, -0.1) is 0 Å². The fraction of sp³-hybridized carbons (Fsp3) is 0.432. The number of benzene rings is 3. The molecule has 0 aromatic heterocycles. The minimum atomic E-state index is -0.855. The molecular formula is C37H42O9. The van der Waals surface area contributed by atoms with Crippen LogP contribution in [-0.4, -0.2) is 50.9 Å². The quantitative estimate of drug-likeness (QED) is 0.148. The highest BCUT2D eigenvalue weighted by Crippen LogP contribution is 2.62. The average molecular weight is 631 g/mol. The van der Waals surface area contributed by atoms with Crippen molar-refractivity contribution in [3.05, 3.63) is 70.8 Å². The van der Waals surface area contributed by atoms with Crippen molar-refractivity contribution in [3.8, 4) is 34.5 Å². The molecule has 2 fully saturated rings. The highest BCUT2D eigenvalue weighted by Gasteiger charge is 2.56. The largest absolute Gasteiger partial charge is 0.514 e. The number of carbonyl (C=O) groups excluding carboxylic acids is 1. The standard InChI is InChI=1S/C37H42O9/c1-37-15-14-25-24-10-9-23(38)19-27(24)30(20-26(25)28(37)11-13-34(37)39)45-36(40)46-31-16-21(8-12-29(31)41-2)6-7-22-17-32(42-3)35(44-5)33(18-22)43-4/h6-10,12,16-19,25-26,28,30,34,38-39H,11,13-15,20H2,1-5H3/b7-6-/t25?,26?,28?,30-,34+,37+/m1/s1. The maximum atomic E-state index is 13.4. The van der Waals surface area contributed by atoms with Crippen LogP contribution in [0, 0.1) is 17.3 Å². The van der Waals surface area contributed by atoms with E-state index in [4.69, 9.17) is 28.4 Å². The predicted octanol–water partition coefficient (Wildman–Crippen LogP) is 7.53. The van der Waals surface area contributed by atoms with Gasteiger partial charge < -0.3 is 38.6 Å². The number of aliphatic hydroxyl groups excluding tert-OH is 1. The minimum absolute atomic E-state index is 0.129. The van der Waals surface area contributed by atoms with Crippen molar-refractivity contribution < 1.29 is 43.4 Å². The summed E-state index contributed by atoms with van der Waals surface area (Å²) in [5.74, 6) is 3.19. The molecule has 3 aliphatic rings. The first-order chi connectivity index (χ1) is 22.2. The van der Waals surface area contributed by atoms with Gasteiger partial charge in [0.25, 0.3) is 0 Å². The van der Waals surface area contributed by atoms with Crippen molar-refractivity contribution in [3.63, 3.8) is 0 Å². The zero-order valence-corrected chi connectivity index (χ0v) is 26.9. The van der Waals surface area contributed by atoms with Crippen molar-refractivity contribution in [1.29, 1.82) is 0 Å². The number of rotatable bonds is 8. The van der Waals surface area contributed by atoms with Gasteiger partial charge in [-0.3, -0.25) is 0 Å². The molecule has 3 unspecified atom stereocenters. The van der Waals surface area contributed by atoms with Crippen LogP contribution in [-0.2, 0) is 4.74 Å². The van der Waals surface area contributed by atoms with Crippen LogP contribution < -0.4 is 23.7 Å². The van der Waals surface area contributed by atoms with Gasteiger partial charge in [0.1, 0.15) is 11.9 Å². The predicted molar refractivity (Wildman–Crippen MR) is 173 cm³/mol. The zero-order valence-electron chi connectivity index (χ0n) is 26.9. The third-order valence-electron chi connectivity index (χ3n) is 10.5. The van der Waals surface area contributed by atoms with Crippen molar-refractivity contribution in [1.82, 2.24) is 0 Å². The molecule has 0 aliphatic heterocycles. The minimum Gasteiger partial charge on any atom is -0.508 e. The molecule has 0 saturated heterocycles. The third kappa shape index (κ3) is 5.73. The number of aromatic hydroxyl groups is 1. The van der Waals surface area contributed by atoms with Crippen LogP contribution in [0.25, 0.3) is 12.2 Å². The van der Waals surface area contributed by atoms with E-state index in [0.717, 1.165) is 47.9 Å². The number of aliphatic hydroxyl groups is 1. The lowest BCUT2D eigenvalue weighted by Gasteiger charge is -2.51. The Balaban J connectivity index is 1.23. The highest BCUT2D eigenvalue weighted by atomic mass is 16.7. The van der Waals surface area contributed by atoms with Crippen LogP contribution in [0.15, 0.2) is 48.5 Å². The Bertz CT molecular complexity index is 1610. The van der Waals surface area contributed by atoms with Crippen molar-refractivity contribution >= 4 is 18.3 Å². The van der Waals surface area contributed by atoms with E-state index in [-0.39, 0.29) is 28.9 Å². The lowest BCUT2D eigenvalue weighted by atomic mass is 9.55. The third-order valence-corrected chi connectivity index (χ3v) is 10.5. The summed E-state index contributed by atoms with van der Waals surface area (Å²) >= 11 is 0. The molecule has 3 aromatic carbocycles. The molecule has 0 bridgehead atoms. The molecule has 2 saturated carbocycles. The smallest absolute Gasteiger partial charge is 0.508 e. The summed E-state index contributed by atoms with van der Waals surface area (Å²) in [6.45, 7) is 2.21. The van der Waals surface area contributed by atoms with E-state index in [1.54, 1.807) is 45.6 Å². The zero-order chi connectivity index (χ0) is 32.6. The van der Waals surface area contributed by atoms with Crippen LogP contribution in [0.5, 0.6) is 34.5 Å². The Morgan fingerprint density at radius 2 is 1.50 bits per heavy atom. The number of hydrogen-bond donors (Lipinski definition) is 2. The van der Waals surface area contributed by atoms with Crippen LogP contribution in [0.4, 0.5) is 4.79 Å². The first-order valence-electron chi connectivity index (χ1n) is 15.7. The summed E-state index contributed by atoms with van der Waals surface area (Å²) in [5.41, 5.74) is 3.36. The van der Waals surface area contributed by atoms with E-state index >= 15 is 0 Å². The molecule has 6 atom stereocenters. The van der Waals surface area contributed by atoms with Crippen molar-refractivity contribution in [2.24, 2.45) is 17.3 Å². The molecule has 46 heavy (non-hydrogen) atoms. The van der Waals surface area contributed by atoms with Crippen molar-refractivity contribution in [2.75, 3.05) is 28.4 Å². The first-order valence-corrected chi connectivity index (χ1v) is 15.7. The Morgan fingerprint density at radius 1 is 0.804 bits per heavy atom. The summed E-state index contributed by atoms with van der Waals surface area (Å²) in [5, 5.41) is 21.2. The number of methoxy groups -OCH3 is 4. The second-order valence-electron chi connectivity index (χ2n) is 12.7. The van der Waals surface area contributed by atoms with Gasteiger partial charge in [-0.05, 0) is 114 Å². The van der Waals surface area contributed by atoms with E-state index in [1.807, 2.05) is 36.4 Å². The van der Waals surface area contributed by atoms with E-state index in [9.17, 15) is 15.0 Å². The van der Waals surface area contributed by atoms with Crippen molar-refractivity contribution in [2.45, 2.75) is 57.2 Å². The first kappa shape index (κ1) is 31.6. The Kier molecular flexibility index (Phi) is 8.79. The maximum absolute atomic E-state index is 13.4. The van der Waals surface area contributed by atoms with Gasteiger partial charge in [0.05, 0.1) is 34.5 Å². The molecule has 6 rings (SSSR count). The van der Waals surface area contributed by atoms with Crippen LogP contribution in [0.3, 0.4) is 0 Å². The normalized spacial score (nSPS) is 26.4. The maximum Gasteiger partial charge on any atom is 0.514 e. The molecule has 3 aliphatic carbocycles. The number of phenols is 1. The SMILES string of the molecule is COc1ccc(/C=C\c2cc(OC)c(OC)c(OC)c2)cc1OC(=O)O[C@@H]1CC2C(CC[C@@]3(C)C2CC[C@@H]3O)c2ccc(O)cc21. The average Bonchev–Trinajstić information content (AvgIpc) is 3.37. The van der Waals surface area contributed by atoms with E-state index in [0.29, 0.717) is 41.3 Å². The van der Waals surface area contributed by atoms with Crippen LogP contribution in [0.1, 0.15) is 73.3 Å². The van der Waals surface area contributed by atoms with Gasteiger partial charge >= 0.3 is 6.16 Å². The van der Waals surface area contributed by atoms with Gasteiger partial charge in [-0.25, -0.2) is 4.79 Å². The van der Waals surface area contributed by atoms with Crippen LogP contribution in [0.2, 0.25) is 0 Å². The Hall–Kier alpha value is -4.37. The fourth-order valence-corrected chi connectivity index (χ4v) is 8.14. The molecule has 244 valence electrons. The summed E-state index contributed by atoms with van der Waals surface area (Å²) in [4.78, 5) is 13.4. The second kappa shape index (κ2) is 12.8. The number of hydrogen-bond acceptors (Lipinski definition) is 9. The molecular weight excluding hydrogens is 588 g/mol. The molecule has 0 amide bonds. The number of ether oxygens (including phenoxy) is 6. The molecule has 9 heteroatoms. The van der Waals surface area contributed by atoms with Gasteiger partial charge in [0.15, 0.2) is 23.0 Å². The topological polar surface area (TPSA) is 113 Å². The van der Waals surface area contributed by atoms with E-state index in [1.165, 1.54) is 7.11 Å². The summed E-state index contributed by atoms with van der Waals surface area (Å²) < 4.78 is 33.6. The lowest BCUT2D eigenvalue weighted by molar-refractivity contribution is -0.0428. The summed E-state index contributed by atoms with van der Waals surface area (Å²) in [6.07, 6.45) is 6.26. The Labute approximate surface area is 269 Å². The van der Waals surface area contributed by atoms with Gasteiger partial charge in [0.2, 0.25) is 5.75 Å².